The number of carbonyl (C=O) groups is 1. The molecule has 0 aliphatic rings. The maximum atomic E-state index is 9.28. The van der Waals surface area contributed by atoms with Crippen molar-refractivity contribution in [1.29, 1.82) is 0 Å². The number of nitrogens with two attached hydrogens (primary N) is 1. The number of primary amides is 1. The van der Waals surface area contributed by atoms with Crippen molar-refractivity contribution < 1.29 is 26.9 Å². The van der Waals surface area contributed by atoms with E-state index in [1.807, 2.05) is 0 Å². The van der Waals surface area contributed by atoms with Crippen molar-refractivity contribution in [3.8, 4) is 0 Å². The molecule has 128 valence electrons. The summed E-state index contributed by atoms with van der Waals surface area (Å²) in [5.74, 6) is -0.815. The van der Waals surface area contributed by atoms with Gasteiger partial charge in [0, 0.05) is 9.52 Å². The number of amides is 1. The molecule has 0 aliphatic carbocycles. The molecular weight excluding hydrogens is 397 g/mol. The first-order valence-electron chi connectivity index (χ1n) is 6.90. The van der Waals surface area contributed by atoms with Gasteiger partial charge in [0.1, 0.15) is 5.91 Å². The zero-order valence-electron chi connectivity index (χ0n) is 13.5. The second-order valence-electron chi connectivity index (χ2n) is 4.42. The van der Waals surface area contributed by atoms with Crippen molar-refractivity contribution in [2.24, 2.45) is 5.73 Å². The van der Waals surface area contributed by atoms with E-state index in [9.17, 15) is 4.79 Å². The first kappa shape index (κ1) is 23.1. The minimum absolute atomic E-state index is 0.306. The minimum Gasteiger partial charge on any atom is -0.126 e. The van der Waals surface area contributed by atoms with Crippen molar-refractivity contribution in [1.82, 2.24) is 0 Å². The minimum atomic E-state index is -0.815. The standard InChI is InChI=1S/C13H9.C2H4NO2.C2H6Si.2ClH.Ti/c1-3-7-12-10(5-1)9-11-6-2-4-8-13(11)12;3-2(5)1-4;1-3-2;;;/h1-9H;1,4H,(H2,3,5);1-2H3;2*1H;/q2*-1;;;;+2/p-2. The molecule has 0 unspecified atom stereocenters. The van der Waals surface area contributed by atoms with E-state index in [2.05, 4.69) is 73.4 Å². The van der Waals surface area contributed by atoms with Gasteiger partial charge in [-0.15, -0.1) is 39.7 Å². The zero-order valence-corrected chi connectivity index (χ0v) is 17.5. The van der Waals surface area contributed by atoms with Crippen molar-refractivity contribution >= 4 is 55.6 Å². The van der Waals surface area contributed by atoms with Crippen LogP contribution < -0.4 is 5.73 Å². The summed E-state index contributed by atoms with van der Waals surface area (Å²) in [6, 6.07) is 19.3. The number of rotatable bonds is 1. The van der Waals surface area contributed by atoms with Crippen LogP contribution in [0.3, 0.4) is 0 Å². The molecule has 24 heavy (non-hydrogen) atoms. The molecule has 0 saturated heterocycles. The molecule has 2 radical (unpaired) electrons. The van der Waals surface area contributed by atoms with Gasteiger partial charge in [0.15, 0.2) is 0 Å². The van der Waals surface area contributed by atoms with Crippen molar-refractivity contribution in [2.45, 2.75) is 13.1 Å². The number of halogens is 2. The van der Waals surface area contributed by atoms with Gasteiger partial charge in [-0.3, -0.25) is 0 Å². The molecule has 3 nitrogen and oxygen atoms in total. The third-order valence-electron chi connectivity index (χ3n) is 2.65. The predicted molar refractivity (Wildman–Crippen MR) is 102 cm³/mol. The van der Waals surface area contributed by atoms with Gasteiger partial charge in [0.25, 0.3) is 0 Å². The molecule has 1 amide bonds. The Morgan fingerprint density at radius 1 is 1.08 bits per heavy atom. The topological polar surface area (TPSA) is 63.3 Å². The van der Waals surface area contributed by atoms with Crippen molar-refractivity contribution in [3.63, 3.8) is 0 Å². The van der Waals surface area contributed by atoms with E-state index in [4.69, 9.17) is 23.7 Å². The average Bonchev–Trinajstić information content (AvgIpc) is 2.95. The smallest absolute Gasteiger partial charge is 0.0771 e. The molecule has 0 atom stereocenters. The largest absolute Gasteiger partial charge is 0.126 e. The summed E-state index contributed by atoms with van der Waals surface area (Å²) in [7, 11) is 10.9. The maximum Gasteiger partial charge on any atom is -0.0771 e. The third-order valence-corrected chi connectivity index (χ3v) is 2.65. The zero-order chi connectivity index (χ0) is 18.4. The Morgan fingerprint density at radius 3 is 1.67 bits per heavy atom. The first-order valence-corrected chi connectivity index (χ1v) is 13.2. The van der Waals surface area contributed by atoms with Crippen LogP contribution in [0.15, 0.2) is 54.6 Å². The molecular formula is C17H19Cl2NO2SiTi-2. The monoisotopic (exact) mass is 415 g/mol. The number of hydrogen-bond donors (Lipinski definition) is 2. The summed E-state index contributed by atoms with van der Waals surface area (Å²) in [4.78, 5) is 9.28. The molecule has 3 aromatic carbocycles. The molecule has 0 bridgehead atoms. The molecule has 0 aromatic heterocycles. The Bertz CT molecular complexity index is 669. The van der Waals surface area contributed by atoms with Gasteiger partial charge in [-0.05, 0) is 0 Å². The van der Waals surface area contributed by atoms with E-state index in [-0.39, 0.29) is 0 Å². The molecule has 0 spiro atoms. The van der Waals surface area contributed by atoms with Crippen LogP contribution in [0.1, 0.15) is 0 Å². The molecule has 3 rings (SSSR count). The maximum absolute atomic E-state index is 9.28. The SMILES string of the molecule is C[Si]C.NC(=O)[CH-]O.[Cl][Ti][Cl].c1ccc2c(c1)[cH-]c1ccccc12. The van der Waals surface area contributed by atoms with Gasteiger partial charge in [-0.25, -0.2) is 0 Å². The summed E-state index contributed by atoms with van der Waals surface area (Å²) in [5, 5.41) is 12.9. The number of benzene rings is 2. The van der Waals surface area contributed by atoms with Crippen molar-refractivity contribution in [2.75, 3.05) is 0 Å². The molecule has 0 saturated carbocycles. The van der Waals surface area contributed by atoms with Crippen LogP contribution in [-0.4, -0.2) is 20.5 Å². The van der Waals surface area contributed by atoms with Crippen LogP contribution in [0.4, 0.5) is 0 Å². The number of fused-ring (bicyclic) bond motifs is 3. The Kier molecular flexibility index (Phi) is 13.9. The van der Waals surface area contributed by atoms with Gasteiger partial charge < -0.3 is 15.6 Å². The average molecular weight is 416 g/mol. The summed E-state index contributed by atoms with van der Waals surface area (Å²) >= 11 is -0.556. The van der Waals surface area contributed by atoms with Crippen LogP contribution in [-0.2, 0) is 21.8 Å². The fraction of sp³-hybridized carbons (Fsp3) is 0.118. The molecule has 0 fully saturated rings. The molecule has 0 aliphatic heterocycles. The molecule has 0 heterocycles. The van der Waals surface area contributed by atoms with Crippen LogP contribution in [0.2, 0.25) is 13.1 Å². The number of hydrogen-bond acceptors (Lipinski definition) is 2. The van der Waals surface area contributed by atoms with Crippen LogP contribution in [0, 0.1) is 6.61 Å². The Hall–Kier alpha value is -0.879. The molecule has 3 N–H and O–H groups in total. The van der Waals surface area contributed by atoms with Crippen molar-refractivity contribution in [3.05, 3.63) is 61.2 Å². The van der Waals surface area contributed by atoms with Gasteiger partial charge in [-0.1, -0.05) is 49.5 Å². The van der Waals surface area contributed by atoms with Crippen LogP contribution >= 0.6 is 18.6 Å². The number of carbonyl (C=O) groups excluding carboxylic acids is 1. The van der Waals surface area contributed by atoms with E-state index in [0.717, 1.165) is 9.52 Å². The van der Waals surface area contributed by atoms with E-state index in [1.165, 1.54) is 21.5 Å². The van der Waals surface area contributed by atoms with Gasteiger partial charge in [0.05, 0.1) is 0 Å². The summed E-state index contributed by atoms with van der Waals surface area (Å²) in [6.45, 7) is 4.61. The number of aliphatic hydroxyl groups is 1. The Balaban J connectivity index is 0.000000406. The second kappa shape index (κ2) is 14.5. The van der Waals surface area contributed by atoms with E-state index in [0.29, 0.717) is 6.61 Å². The summed E-state index contributed by atoms with van der Waals surface area (Å²) in [6.07, 6.45) is 0. The second-order valence-corrected chi connectivity index (χ2v) is 8.00. The third kappa shape index (κ3) is 8.83. The van der Waals surface area contributed by atoms with E-state index >= 15 is 0 Å². The normalized spacial score (nSPS) is 8.71. The van der Waals surface area contributed by atoms with Gasteiger partial charge >= 0.3 is 35.6 Å². The van der Waals surface area contributed by atoms with E-state index in [1.54, 1.807) is 0 Å². The van der Waals surface area contributed by atoms with Gasteiger partial charge in [-0.2, -0.15) is 6.61 Å². The molecule has 3 aromatic rings. The fourth-order valence-electron chi connectivity index (χ4n) is 1.90. The summed E-state index contributed by atoms with van der Waals surface area (Å²) < 4.78 is 0. The number of aliphatic hydroxyl groups excluding tert-OH is 1. The Labute approximate surface area is 162 Å². The Morgan fingerprint density at radius 2 is 1.38 bits per heavy atom. The first-order chi connectivity index (χ1) is 11.5. The summed E-state index contributed by atoms with van der Waals surface area (Å²) in [5.41, 5.74) is 4.35. The fourth-order valence-corrected chi connectivity index (χ4v) is 1.90. The quantitative estimate of drug-likeness (QED) is 0.439. The molecule has 7 heteroatoms. The predicted octanol–water partition coefficient (Wildman–Crippen LogP) is 4.88. The van der Waals surface area contributed by atoms with E-state index < -0.39 is 22.9 Å². The van der Waals surface area contributed by atoms with Crippen LogP contribution in [0.25, 0.3) is 21.5 Å². The van der Waals surface area contributed by atoms with Gasteiger partial charge in [0.2, 0.25) is 0 Å². The van der Waals surface area contributed by atoms with Crippen LogP contribution in [0.5, 0.6) is 0 Å².